The van der Waals surface area contributed by atoms with Crippen molar-refractivity contribution in [2.75, 3.05) is 7.05 Å². The number of nitrogens with zero attached hydrogens (tertiary/aromatic N) is 3. The SMILES string of the molecule is Cc1c(CNC2CCC(=O)N(C)C2=O)cnn1C. The van der Waals surface area contributed by atoms with Crippen molar-refractivity contribution in [1.82, 2.24) is 20.0 Å². The lowest BCUT2D eigenvalue weighted by Crippen LogP contribution is -2.51. The van der Waals surface area contributed by atoms with Gasteiger partial charge in [0, 0.05) is 38.3 Å². The summed E-state index contributed by atoms with van der Waals surface area (Å²) in [6, 6.07) is -0.271. The number of likely N-dealkylation sites (N-methyl/N-ethyl adjacent to an activating group) is 1. The third-order valence-corrected chi connectivity index (χ3v) is 3.53. The van der Waals surface area contributed by atoms with Crippen LogP contribution in [0.3, 0.4) is 0 Å². The van der Waals surface area contributed by atoms with Crippen LogP contribution in [0.15, 0.2) is 6.20 Å². The number of rotatable bonds is 3. The summed E-state index contributed by atoms with van der Waals surface area (Å²) in [5, 5.41) is 7.35. The van der Waals surface area contributed by atoms with E-state index >= 15 is 0 Å². The average Bonchev–Trinajstić information content (AvgIpc) is 2.67. The third-order valence-electron chi connectivity index (χ3n) is 3.53. The van der Waals surface area contributed by atoms with E-state index in [4.69, 9.17) is 0 Å². The van der Waals surface area contributed by atoms with Gasteiger partial charge >= 0.3 is 0 Å². The highest BCUT2D eigenvalue weighted by Crippen LogP contribution is 2.13. The molecule has 1 atom stereocenters. The van der Waals surface area contributed by atoms with Crippen LogP contribution in [0.1, 0.15) is 24.1 Å². The molecule has 1 aliphatic rings. The van der Waals surface area contributed by atoms with Crippen LogP contribution in [0.25, 0.3) is 0 Å². The zero-order valence-corrected chi connectivity index (χ0v) is 10.9. The van der Waals surface area contributed by atoms with Gasteiger partial charge in [0.1, 0.15) is 0 Å². The second kappa shape index (κ2) is 4.89. The highest BCUT2D eigenvalue weighted by molar-refractivity contribution is 6.00. The van der Waals surface area contributed by atoms with Gasteiger partial charge in [-0.3, -0.25) is 19.2 Å². The molecule has 0 radical (unpaired) electrons. The van der Waals surface area contributed by atoms with Crippen LogP contribution in [0.2, 0.25) is 0 Å². The van der Waals surface area contributed by atoms with Gasteiger partial charge in [-0.1, -0.05) is 0 Å². The Morgan fingerprint density at radius 1 is 1.44 bits per heavy atom. The summed E-state index contributed by atoms with van der Waals surface area (Å²) in [5.41, 5.74) is 2.15. The van der Waals surface area contributed by atoms with Gasteiger partial charge in [0.15, 0.2) is 0 Å². The second-order valence-electron chi connectivity index (χ2n) is 4.64. The van der Waals surface area contributed by atoms with E-state index in [1.54, 1.807) is 10.9 Å². The molecule has 0 saturated carbocycles. The minimum atomic E-state index is -0.271. The Kier molecular flexibility index (Phi) is 3.47. The first-order valence-corrected chi connectivity index (χ1v) is 6.02. The van der Waals surface area contributed by atoms with E-state index in [1.165, 1.54) is 11.9 Å². The third kappa shape index (κ3) is 2.28. The van der Waals surface area contributed by atoms with E-state index in [0.29, 0.717) is 19.4 Å². The fourth-order valence-electron chi connectivity index (χ4n) is 2.06. The van der Waals surface area contributed by atoms with Crippen LogP contribution >= 0.6 is 0 Å². The van der Waals surface area contributed by atoms with E-state index < -0.39 is 0 Å². The largest absolute Gasteiger partial charge is 0.302 e. The average molecular weight is 250 g/mol. The van der Waals surface area contributed by atoms with E-state index in [9.17, 15) is 9.59 Å². The molecule has 1 aliphatic heterocycles. The maximum Gasteiger partial charge on any atom is 0.246 e. The quantitative estimate of drug-likeness (QED) is 0.765. The van der Waals surface area contributed by atoms with Crippen molar-refractivity contribution >= 4 is 11.8 Å². The first kappa shape index (κ1) is 12.8. The smallest absolute Gasteiger partial charge is 0.246 e. The zero-order valence-electron chi connectivity index (χ0n) is 10.9. The predicted octanol–water partition coefficient (Wildman–Crippen LogP) is -0.0345. The number of piperidine rings is 1. The summed E-state index contributed by atoms with van der Waals surface area (Å²) in [6.07, 6.45) is 2.79. The van der Waals surface area contributed by atoms with Crippen molar-refractivity contribution in [3.05, 3.63) is 17.5 Å². The molecule has 0 aromatic carbocycles. The van der Waals surface area contributed by atoms with Gasteiger partial charge in [0.05, 0.1) is 12.2 Å². The van der Waals surface area contributed by atoms with Gasteiger partial charge < -0.3 is 5.32 Å². The fourth-order valence-corrected chi connectivity index (χ4v) is 2.06. The van der Waals surface area contributed by atoms with E-state index in [1.807, 2.05) is 14.0 Å². The van der Waals surface area contributed by atoms with Gasteiger partial charge in [-0.05, 0) is 13.3 Å². The maximum atomic E-state index is 11.9. The summed E-state index contributed by atoms with van der Waals surface area (Å²) in [5.74, 6) is -0.247. The van der Waals surface area contributed by atoms with Crippen molar-refractivity contribution in [3.8, 4) is 0 Å². The standard InChI is InChI=1S/C12H18N4O2/c1-8-9(7-14-16(8)3)6-13-10-4-5-11(17)15(2)12(10)18/h7,10,13H,4-6H2,1-3H3. The monoisotopic (exact) mass is 250 g/mol. The number of hydrogen-bond acceptors (Lipinski definition) is 4. The molecule has 1 aromatic rings. The molecule has 1 N–H and O–H groups in total. The minimum Gasteiger partial charge on any atom is -0.302 e. The molecule has 1 saturated heterocycles. The summed E-state index contributed by atoms with van der Waals surface area (Å²) in [7, 11) is 3.42. The molecule has 1 fully saturated rings. The van der Waals surface area contributed by atoms with Crippen LogP contribution < -0.4 is 5.32 Å². The molecule has 18 heavy (non-hydrogen) atoms. The highest BCUT2D eigenvalue weighted by Gasteiger charge is 2.31. The molecule has 98 valence electrons. The van der Waals surface area contributed by atoms with Crippen LogP contribution in [-0.2, 0) is 23.2 Å². The van der Waals surface area contributed by atoms with Gasteiger partial charge in [-0.25, -0.2) is 0 Å². The summed E-state index contributed by atoms with van der Waals surface area (Å²) >= 11 is 0. The minimum absolute atomic E-state index is 0.101. The Hall–Kier alpha value is -1.69. The number of aromatic nitrogens is 2. The number of imide groups is 1. The Morgan fingerprint density at radius 3 is 2.78 bits per heavy atom. The number of amides is 2. The molecule has 6 heteroatoms. The Balaban J connectivity index is 1.97. The van der Waals surface area contributed by atoms with Crippen LogP contribution in [0.4, 0.5) is 0 Å². The van der Waals surface area contributed by atoms with E-state index in [0.717, 1.165) is 11.3 Å². The molecular weight excluding hydrogens is 232 g/mol. The number of aryl methyl sites for hydroxylation is 1. The van der Waals surface area contributed by atoms with E-state index in [-0.39, 0.29) is 17.9 Å². The molecule has 0 spiro atoms. The second-order valence-corrected chi connectivity index (χ2v) is 4.64. The molecule has 2 heterocycles. The number of hydrogen-bond donors (Lipinski definition) is 1. The molecule has 2 amide bonds. The molecule has 6 nitrogen and oxygen atoms in total. The van der Waals surface area contributed by atoms with Crippen LogP contribution in [-0.4, -0.2) is 39.6 Å². The van der Waals surface area contributed by atoms with Crippen molar-refractivity contribution in [3.63, 3.8) is 0 Å². The van der Waals surface area contributed by atoms with Crippen LogP contribution in [0.5, 0.6) is 0 Å². The van der Waals surface area contributed by atoms with Gasteiger partial charge in [0.2, 0.25) is 11.8 Å². The fraction of sp³-hybridized carbons (Fsp3) is 0.583. The molecule has 1 aromatic heterocycles. The highest BCUT2D eigenvalue weighted by atomic mass is 16.2. The van der Waals surface area contributed by atoms with Crippen molar-refractivity contribution < 1.29 is 9.59 Å². The lowest BCUT2D eigenvalue weighted by atomic mass is 10.0. The lowest BCUT2D eigenvalue weighted by Gasteiger charge is -2.28. The zero-order chi connectivity index (χ0) is 13.3. The number of likely N-dealkylation sites (tertiary alicyclic amines) is 1. The Morgan fingerprint density at radius 2 is 2.17 bits per heavy atom. The molecule has 0 aliphatic carbocycles. The van der Waals surface area contributed by atoms with Crippen molar-refractivity contribution in [1.29, 1.82) is 0 Å². The van der Waals surface area contributed by atoms with Crippen molar-refractivity contribution in [2.24, 2.45) is 7.05 Å². The van der Waals surface area contributed by atoms with E-state index in [2.05, 4.69) is 10.4 Å². The molecule has 0 bridgehead atoms. The molecule has 2 rings (SSSR count). The van der Waals surface area contributed by atoms with Gasteiger partial charge in [-0.15, -0.1) is 0 Å². The number of nitrogens with one attached hydrogen (secondary N) is 1. The topological polar surface area (TPSA) is 67.2 Å². The summed E-state index contributed by atoms with van der Waals surface area (Å²) < 4.78 is 1.80. The summed E-state index contributed by atoms with van der Waals surface area (Å²) in [6.45, 7) is 2.58. The lowest BCUT2D eigenvalue weighted by molar-refractivity contribution is -0.148. The normalized spacial score (nSPS) is 20.6. The molecule has 1 unspecified atom stereocenters. The predicted molar refractivity (Wildman–Crippen MR) is 65.6 cm³/mol. The number of carbonyl (C=O) groups excluding carboxylic acids is 2. The number of carbonyl (C=O) groups is 2. The van der Waals surface area contributed by atoms with Gasteiger partial charge in [-0.2, -0.15) is 5.10 Å². The van der Waals surface area contributed by atoms with Crippen LogP contribution in [0, 0.1) is 6.92 Å². The molecular formula is C12H18N4O2. The maximum absolute atomic E-state index is 11.9. The summed E-state index contributed by atoms with van der Waals surface area (Å²) in [4.78, 5) is 24.4. The van der Waals surface area contributed by atoms with Crippen molar-refractivity contribution in [2.45, 2.75) is 32.4 Å². The van der Waals surface area contributed by atoms with Gasteiger partial charge in [0.25, 0.3) is 0 Å². The Labute approximate surface area is 106 Å². The first-order chi connectivity index (χ1) is 8.50. The first-order valence-electron chi connectivity index (χ1n) is 6.02. The Bertz CT molecular complexity index is 480.